The van der Waals surface area contributed by atoms with Crippen LogP contribution in [0, 0.1) is 0 Å². The molecule has 0 aliphatic carbocycles. The molecule has 1 aromatic carbocycles. The molecule has 7 heteroatoms. The Morgan fingerprint density at radius 1 is 1.33 bits per heavy atom. The van der Waals surface area contributed by atoms with E-state index in [0.717, 1.165) is 41.9 Å². The Labute approximate surface area is 147 Å². The second-order valence-corrected chi connectivity index (χ2v) is 5.62. The van der Waals surface area contributed by atoms with E-state index in [1.807, 2.05) is 28.8 Å². The molecule has 0 bridgehead atoms. The van der Waals surface area contributed by atoms with E-state index in [9.17, 15) is 0 Å². The molecule has 0 saturated carbocycles. The van der Waals surface area contributed by atoms with Gasteiger partial charge in [-0.15, -0.1) is 16.8 Å². The van der Waals surface area contributed by atoms with Gasteiger partial charge in [-0.25, -0.2) is 4.99 Å². The van der Waals surface area contributed by atoms with Gasteiger partial charge in [-0.3, -0.25) is 0 Å². The molecule has 0 spiro atoms. The lowest BCUT2D eigenvalue weighted by Crippen LogP contribution is -2.39. The van der Waals surface area contributed by atoms with Crippen molar-refractivity contribution in [3.63, 3.8) is 0 Å². The van der Waals surface area contributed by atoms with E-state index in [2.05, 4.69) is 39.3 Å². The molecule has 0 atom stereocenters. The normalized spacial score (nSPS) is 11.3. The van der Waals surface area contributed by atoms with E-state index < -0.39 is 0 Å². The van der Waals surface area contributed by atoms with Crippen molar-refractivity contribution in [2.45, 2.75) is 26.4 Å². The smallest absolute Gasteiger partial charge is 0.191 e. The third-order valence-corrected chi connectivity index (χ3v) is 3.66. The first-order valence-electron chi connectivity index (χ1n) is 7.97. The first-order chi connectivity index (χ1) is 11.7. The fraction of sp³-hybridized carbons (Fsp3) is 0.353. The van der Waals surface area contributed by atoms with Crippen LogP contribution in [0.2, 0.25) is 5.02 Å². The number of hydrogen-bond donors (Lipinski definition) is 2. The molecule has 0 radical (unpaired) electrons. The van der Waals surface area contributed by atoms with Crippen molar-refractivity contribution in [2.75, 3.05) is 13.1 Å². The van der Waals surface area contributed by atoms with Gasteiger partial charge < -0.3 is 15.2 Å². The molecule has 2 N–H and O–H groups in total. The van der Waals surface area contributed by atoms with Gasteiger partial charge in [-0.2, -0.15) is 0 Å². The number of aryl methyl sites for hydroxylation is 1. The molecule has 0 aliphatic rings. The SMILES string of the molecule is C=CCNC(=NCc1ccc(Cl)cc1)NCCn1cnnc1CC. The van der Waals surface area contributed by atoms with Crippen molar-refractivity contribution in [2.24, 2.45) is 4.99 Å². The van der Waals surface area contributed by atoms with Crippen molar-refractivity contribution in [3.8, 4) is 0 Å². The summed E-state index contributed by atoms with van der Waals surface area (Å²) in [7, 11) is 0. The minimum Gasteiger partial charge on any atom is -0.355 e. The van der Waals surface area contributed by atoms with Gasteiger partial charge in [-0.1, -0.05) is 36.7 Å². The van der Waals surface area contributed by atoms with Crippen molar-refractivity contribution in [3.05, 3.63) is 59.7 Å². The fourth-order valence-electron chi connectivity index (χ4n) is 2.14. The van der Waals surface area contributed by atoms with Gasteiger partial charge in [0.1, 0.15) is 12.2 Å². The Balaban J connectivity index is 1.90. The summed E-state index contributed by atoms with van der Waals surface area (Å²) in [6, 6.07) is 7.69. The molecule has 0 fully saturated rings. The number of nitrogens with one attached hydrogen (secondary N) is 2. The van der Waals surface area contributed by atoms with Gasteiger partial charge in [-0.05, 0) is 17.7 Å². The summed E-state index contributed by atoms with van der Waals surface area (Å²) >= 11 is 5.90. The predicted octanol–water partition coefficient (Wildman–Crippen LogP) is 2.42. The Hall–Kier alpha value is -2.34. The highest BCUT2D eigenvalue weighted by molar-refractivity contribution is 6.30. The molecule has 2 rings (SSSR count). The number of halogens is 1. The summed E-state index contributed by atoms with van der Waals surface area (Å²) in [6.45, 7) is 8.54. The Morgan fingerprint density at radius 2 is 2.12 bits per heavy atom. The zero-order valence-electron chi connectivity index (χ0n) is 13.9. The second kappa shape index (κ2) is 9.72. The molecule has 0 unspecified atom stereocenters. The van der Waals surface area contributed by atoms with Crippen LogP contribution in [0.25, 0.3) is 0 Å². The topological polar surface area (TPSA) is 67.1 Å². The maximum absolute atomic E-state index is 5.90. The van der Waals surface area contributed by atoms with Gasteiger partial charge >= 0.3 is 0 Å². The van der Waals surface area contributed by atoms with Crippen LogP contribution < -0.4 is 10.6 Å². The van der Waals surface area contributed by atoms with Crippen LogP contribution in [0.5, 0.6) is 0 Å². The summed E-state index contributed by atoms with van der Waals surface area (Å²) in [5.41, 5.74) is 1.10. The number of nitrogens with zero attached hydrogens (tertiary/aromatic N) is 4. The summed E-state index contributed by atoms with van der Waals surface area (Å²) in [6.07, 6.45) is 4.42. The molecule has 128 valence electrons. The first-order valence-corrected chi connectivity index (χ1v) is 8.35. The van der Waals surface area contributed by atoms with Gasteiger partial charge in [0.2, 0.25) is 0 Å². The van der Waals surface area contributed by atoms with Crippen LogP contribution in [-0.4, -0.2) is 33.8 Å². The highest BCUT2D eigenvalue weighted by atomic mass is 35.5. The molecule has 0 aliphatic heterocycles. The number of benzene rings is 1. The van der Waals surface area contributed by atoms with Crippen LogP contribution in [0.4, 0.5) is 0 Å². The minimum atomic E-state index is 0.580. The highest BCUT2D eigenvalue weighted by Crippen LogP contribution is 2.10. The standard InChI is InChI=1S/C17H23ClN6/c1-3-9-19-17(21-12-14-5-7-15(18)8-6-14)20-10-11-24-13-22-23-16(24)4-2/h3,5-8,13H,1,4,9-12H2,2H3,(H2,19,20,21). The van der Waals surface area contributed by atoms with Gasteiger partial charge in [0.25, 0.3) is 0 Å². The Bertz CT molecular complexity index is 662. The van der Waals surface area contributed by atoms with E-state index in [-0.39, 0.29) is 0 Å². The maximum Gasteiger partial charge on any atom is 0.191 e. The van der Waals surface area contributed by atoms with E-state index in [1.165, 1.54) is 0 Å². The number of rotatable bonds is 8. The van der Waals surface area contributed by atoms with Crippen LogP contribution in [0.15, 0.2) is 48.2 Å². The van der Waals surface area contributed by atoms with Crippen molar-refractivity contribution >= 4 is 17.6 Å². The van der Waals surface area contributed by atoms with Gasteiger partial charge in [0.15, 0.2) is 5.96 Å². The molecular formula is C17H23ClN6. The van der Waals surface area contributed by atoms with E-state index >= 15 is 0 Å². The largest absolute Gasteiger partial charge is 0.355 e. The van der Waals surface area contributed by atoms with Crippen molar-refractivity contribution in [1.82, 2.24) is 25.4 Å². The molecule has 1 heterocycles. The summed E-state index contributed by atoms with van der Waals surface area (Å²) in [5.74, 6) is 1.73. The molecule has 0 amide bonds. The average molecular weight is 347 g/mol. The number of aliphatic imine (C=N–C) groups is 1. The molecule has 2 aromatic rings. The first kappa shape index (κ1) is 18.0. The number of hydrogen-bond acceptors (Lipinski definition) is 3. The van der Waals surface area contributed by atoms with Crippen LogP contribution in [-0.2, 0) is 19.5 Å². The minimum absolute atomic E-state index is 0.580. The zero-order chi connectivity index (χ0) is 17.2. The molecule has 6 nitrogen and oxygen atoms in total. The monoisotopic (exact) mass is 346 g/mol. The lowest BCUT2D eigenvalue weighted by atomic mass is 10.2. The maximum atomic E-state index is 5.90. The lowest BCUT2D eigenvalue weighted by Gasteiger charge is -2.12. The molecule has 24 heavy (non-hydrogen) atoms. The van der Waals surface area contributed by atoms with E-state index in [4.69, 9.17) is 11.6 Å². The lowest BCUT2D eigenvalue weighted by molar-refractivity contribution is 0.633. The van der Waals surface area contributed by atoms with E-state index in [1.54, 1.807) is 12.4 Å². The Kier molecular flexibility index (Phi) is 7.29. The van der Waals surface area contributed by atoms with Crippen molar-refractivity contribution < 1.29 is 0 Å². The van der Waals surface area contributed by atoms with Gasteiger partial charge in [0.05, 0.1) is 6.54 Å². The number of guanidine groups is 1. The van der Waals surface area contributed by atoms with Crippen LogP contribution in [0.1, 0.15) is 18.3 Å². The summed E-state index contributed by atoms with van der Waals surface area (Å²) in [4.78, 5) is 4.59. The second-order valence-electron chi connectivity index (χ2n) is 5.18. The predicted molar refractivity (Wildman–Crippen MR) is 98.2 cm³/mol. The third-order valence-electron chi connectivity index (χ3n) is 3.40. The number of aromatic nitrogens is 3. The zero-order valence-corrected chi connectivity index (χ0v) is 14.6. The molecular weight excluding hydrogens is 324 g/mol. The summed E-state index contributed by atoms with van der Waals surface area (Å²) < 4.78 is 2.04. The quantitative estimate of drug-likeness (QED) is 0.437. The highest BCUT2D eigenvalue weighted by Gasteiger charge is 2.02. The van der Waals surface area contributed by atoms with Crippen LogP contribution >= 0.6 is 11.6 Å². The average Bonchev–Trinajstić information content (AvgIpc) is 3.05. The van der Waals surface area contributed by atoms with Crippen molar-refractivity contribution in [1.29, 1.82) is 0 Å². The third kappa shape index (κ3) is 5.70. The van der Waals surface area contributed by atoms with E-state index in [0.29, 0.717) is 13.1 Å². The molecule has 1 aromatic heterocycles. The molecule has 0 saturated heterocycles. The fourth-order valence-corrected chi connectivity index (χ4v) is 2.26. The Morgan fingerprint density at radius 3 is 2.83 bits per heavy atom. The van der Waals surface area contributed by atoms with Gasteiger partial charge in [0, 0.05) is 31.1 Å². The summed E-state index contributed by atoms with van der Waals surface area (Å²) in [5, 5.41) is 15.3. The van der Waals surface area contributed by atoms with Crippen LogP contribution in [0.3, 0.4) is 0 Å².